The van der Waals surface area contributed by atoms with Crippen LogP contribution in [0.25, 0.3) is 11.5 Å². The second-order valence-corrected chi connectivity index (χ2v) is 4.62. The molecule has 1 aromatic carbocycles. The molecular formula is C13H14N4O3. The van der Waals surface area contributed by atoms with E-state index >= 15 is 0 Å². The van der Waals surface area contributed by atoms with Gasteiger partial charge in [-0.05, 0) is 24.3 Å². The molecule has 0 spiro atoms. The van der Waals surface area contributed by atoms with E-state index in [0.29, 0.717) is 24.8 Å². The Bertz CT molecular complexity index is 582. The molecule has 0 bridgehead atoms. The monoisotopic (exact) mass is 274 g/mol. The van der Waals surface area contributed by atoms with E-state index in [2.05, 4.69) is 15.5 Å². The fourth-order valence-electron chi connectivity index (χ4n) is 2.07. The van der Waals surface area contributed by atoms with Crippen LogP contribution in [-0.4, -0.2) is 35.4 Å². The van der Waals surface area contributed by atoms with Crippen molar-refractivity contribution in [1.29, 1.82) is 0 Å². The van der Waals surface area contributed by atoms with Gasteiger partial charge in [0.25, 0.3) is 0 Å². The van der Waals surface area contributed by atoms with Crippen LogP contribution in [-0.2, 0) is 9.53 Å². The predicted octanol–water partition coefficient (Wildman–Crippen LogP) is 0.649. The third-order valence-electron chi connectivity index (χ3n) is 3.22. The smallest absolute Gasteiger partial charge is 0.247 e. The van der Waals surface area contributed by atoms with E-state index in [4.69, 9.17) is 14.9 Å². The molecule has 1 fully saturated rings. The van der Waals surface area contributed by atoms with Gasteiger partial charge < -0.3 is 20.2 Å². The lowest BCUT2D eigenvalue weighted by Crippen LogP contribution is -2.37. The lowest BCUT2D eigenvalue weighted by Gasteiger charge is -2.13. The number of ether oxygens (including phenoxy) is 1. The summed E-state index contributed by atoms with van der Waals surface area (Å²) >= 11 is 0. The minimum Gasteiger partial charge on any atom is -0.423 e. The topological polar surface area (TPSA) is 103 Å². The number of rotatable bonds is 3. The number of carbonyl (C=O) groups is 1. The largest absolute Gasteiger partial charge is 0.423 e. The first-order valence-corrected chi connectivity index (χ1v) is 6.25. The van der Waals surface area contributed by atoms with Crippen LogP contribution in [0.5, 0.6) is 0 Å². The minimum absolute atomic E-state index is 0.124. The fourth-order valence-corrected chi connectivity index (χ4v) is 2.07. The summed E-state index contributed by atoms with van der Waals surface area (Å²) in [5.74, 6) is 0.0141. The van der Waals surface area contributed by atoms with E-state index in [9.17, 15) is 4.79 Å². The van der Waals surface area contributed by atoms with Gasteiger partial charge in [0.05, 0.1) is 19.1 Å². The summed E-state index contributed by atoms with van der Waals surface area (Å²) in [4.78, 5) is 12.0. The summed E-state index contributed by atoms with van der Waals surface area (Å²) in [6, 6.07) is 6.91. The summed E-state index contributed by atoms with van der Waals surface area (Å²) in [6.07, 6.45) is 1.27. The van der Waals surface area contributed by atoms with Crippen LogP contribution in [0, 0.1) is 5.92 Å². The van der Waals surface area contributed by atoms with Crippen molar-refractivity contribution < 1.29 is 13.9 Å². The van der Waals surface area contributed by atoms with Gasteiger partial charge >= 0.3 is 0 Å². The number of benzene rings is 1. The fraction of sp³-hybridized carbons (Fsp3) is 0.308. The van der Waals surface area contributed by atoms with Crippen molar-refractivity contribution in [1.82, 2.24) is 10.2 Å². The van der Waals surface area contributed by atoms with Gasteiger partial charge in [-0.1, -0.05) is 0 Å². The first-order chi connectivity index (χ1) is 9.74. The molecule has 1 saturated heterocycles. The van der Waals surface area contributed by atoms with Gasteiger partial charge in [-0.2, -0.15) is 0 Å². The average Bonchev–Trinajstić information content (AvgIpc) is 3.10. The Morgan fingerprint density at radius 1 is 1.30 bits per heavy atom. The summed E-state index contributed by atoms with van der Waals surface area (Å²) in [7, 11) is 0. The van der Waals surface area contributed by atoms with Gasteiger partial charge in [0.1, 0.15) is 0 Å². The molecule has 2 atom stereocenters. The maximum atomic E-state index is 12.0. The molecule has 2 unspecified atom stereocenters. The van der Waals surface area contributed by atoms with Crippen molar-refractivity contribution >= 4 is 11.6 Å². The maximum Gasteiger partial charge on any atom is 0.247 e. The summed E-state index contributed by atoms with van der Waals surface area (Å²) in [5, 5.41) is 10.2. The van der Waals surface area contributed by atoms with Crippen molar-refractivity contribution in [3.63, 3.8) is 0 Å². The summed E-state index contributed by atoms with van der Waals surface area (Å²) < 4.78 is 10.3. The minimum atomic E-state index is -0.300. The van der Waals surface area contributed by atoms with Crippen molar-refractivity contribution in [2.75, 3.05) is 18.5 Å². The molecule has 7 heteroatoms. The Labute approximate surface area is 115 Å². The molecule has 104 valence electrons. The van der Waals surface area contributed by atoms with E-state index < -0.39 is 0 Å². The second-order valence-electron chi connectivity index (χ2n) is 4.62. The summed E-state index contributed by atoms with van der Waals surface area (Å²) in [5.41, 5.74) is 7.29. The van der Waals surface area contributed by atoms with Crippen LogP contribution in [0.1, 0.15) is 0 Å². The molecule has 2 heterocycles. The Kier molecular flexibility index (Phi) is 3.44. The lowest BCUT2D eigenvalue weighted by molar-refractivity contribution is -0.120. The highest BCUT2D eigenvalue weighted by Gasteiger charge is 2.31. The highest BCUT2D eigenvalue weighted by molar-refractivity contribution is 5.93. The van der Waals surface area contributed by atoms with E-state index in [1.165, 1.54) is 6.39 Å². The zero-order valence-electron chi connectivity index (χ0n) is 10.7. The summed E-state index contributed by atoms with van der Waals surface area (Å²) in [6.45, 7) is 0.793. The van der Waals surface area contributed by atoms with Crippen molar-refractivity contribution in [2.24, 2.45) is 11.7 Å². The number of hydrogen-bond donors (Lipinski definition) is 2. The Morgan fingerprint density at radius 3 is 2.70 bits per heavy atom. The highest BCUT2D eigenvalue weighted by Crippen LogP contribution is 2.20. The van der Waals surface area contributed by atoms with Crippen LogP contribution in [0.2, 0.25) is 0 Å². The van der Waals surface area contributed by atoms with Gasteiger partial charge in [-0.25, -0.2) is 0 Å². The molecule has 1 aliphatic heterocycles. The SMILES string of the molecule is NC1COCC1C(=O)Nc1ccc(-c2nnco2)cc1. The van der Waals surface area contributed by atoms with Crippen LogP contribution in [0.3, 0.4) is 0 Å². The van der Waals surface area contributed by atoms with Crippen LogP contribution in [0.15, 0.2) is 35.1 Å². The number of nitrogens with zero attached hydrogens (tertiary/aromatic N) is 2. The zero-order valence-corrected chi connectivity index (χ0v) is 10.7. The number of hydrogen-bond acceptors (Lipinski definition) is 6. The van der Waals surface area contributed by atoms with Crippen molar-refractivity contribution in [3.8, 4) is 11.5 Å². The number of nitrogens with two attached hydrogens (primary N) is 1. The molecule has 1 amide bonds. The van der Waals surface area contributed by atoms with Crippen molar-refractivity contribution in [3.05, 3.63) is 30.7 Å². The van der Waals surface area contributed by atoms with E-state index in [0.717, 1.165) is 5.56 Å². The third kappa shape index (κ3) is 2.54. The molecule has 2 aromatic rings. The molecule has 0 radical (unpaired) electrons. The molecular weight excluding hydrogens is 260 g/mol. The van der Waals surface area contributed by atoms with E-state index in [1.807, 2.05) is 0 Å². The van der Waals surface area contributed by atoms with Gasteiger partial charge in [0.15, 0.2) is 0 Å². The maximum absolute atomic E-state index is 12.0. The quantitative estimate of drug-likeness (QED) is 0.851. The molecule has 1 aromatic heterocycles. The van der Waals surface area contributed by atoms with Gasteiger partial charge in [0, 0.05) is 17.3 Å². The number of aromatic nitrogens is 2. The second kappa shape index (κ2) is 5.40. The first-order valence-electron chi connectivity index (χ1n) is 6.25. The Hall–Kier alpha value is -2.25. The molecule has 3 N–H and O–H groups in total. The Balaban J connectivity index is 1.68. The molecule has 1 aliphatic rings. The number of carbonyl (C=O) groups excluding carboxylic acids is 1. The molecule has 7 nitrogen and oxygen atoms in total. The van der Waals surface area contributed by atoms with Gasteiger partial charge in [0.2, 0.25) is 18.2 Å². The first kappa shape index (κ1) is 12.8. The Morgan fingerprint density at radius 2 is 2.10 bits per heavy atom. The van der Waals surface area contributed by atoms with Crippen LogP contribution < -0.4 is 11.1 Å². The highest BCUT2D eigenvalue weighted by atomic mass is 16.5. The van der Waals surface area contributed by atoms with Crippen LogP contribution >= 0.6 is 0 Å². The average molecular weight is 274 g/mol. The molecule has 0 aliphatic carbocycles. The van der Waals surface area contributed by atoms with Gasteiger partial charge in [-0.15, -0.1) is 10.2 Å². The standard InChI is InChI=1S/C13H14N4O3/c14-11-6-19-5-10(11)12(18)16-9-3-1-8(2-4-9)13-17-15-7-20-13/h1-4,7,10-11H,5-6,14H2,(H,16,18). The molecule has 20 heavy (non-hydrogen) atoms. The zero-order chi connectivity index (χ0) is 13.9. The van der Waals surface area contributed by atoms with E-state index in [1.54, 1.807) is 24.3 Å². The molecule has 3 rings (SSSR count). The predicted molar refractivity (Wildman–Crippen MR) is 70.6 cm³/mol. The number of amides is 1. The van der Waals surface area contributed by atoms with E-state index in [-0.39, 0.29) is 17.9 Å². The molecule has 0 saturated carbocycles. The lowest BCUT2D eigenvalue weighted by atomic mass is 10.0. The van der Waals surface area contributed by atoms with Crippen molar-refractivity contribution in [2.45, 2.75) is 6.04 Å². The number of anilines is 1. The number of nitrogens with one attached hydrogen (secondary N) is 1. The van der Waals surface area contributed by atoms with Gasteiger partial charge in [-0.3, -0.25) is 4.79 Å². The third-order valence-corrected chi connectivity index (χ3v) is 3.22. The normalized spacial score (nSPS) is 21.9. The van der Waals surface area contributed by atoms with Crippen LogP contribution in [0.4, 0.5) is 5.69 Å².